The van der Waals surface area contributed by atoms with Gasteiger partial charge in [0.25, 0.3) is 10.0 Å². The standard InChI is InChI=1S/C20H16BrClN2O3S/c1-13-6-11-19(17(22)12-13)23-20(25)16-4-2-3-5-18(16)24-28(26,27)15-9-7-14(21)8-10-15/h2-12,24H,1H3,(H,23,25)/p-1. The van der Waals surface area contributed by atoms with Crippen LogP contribution in [0.4, 0.5) is 11.4 Å². The second-order valence-electron chi connectivity index (χ2n) is 5.98. The van der Waals surface area contributed by atoms with Crippen molar-refractivity contribution in [2.24, 2.45) is 4.99 Å². The van der Waals surface area contributed by atoms with E-state index in [0.717, 1.165) is 10.0 Å². The van der Waals surface area contributed by atoms with Gasteiger partial charge < -0.3 is 5.11 Å². The molecule has 8 heteroatoms. The van der Waals surface area contributed by atoms with Crippen molar-refractivity contribution in [3.05, 3.63) is 87.4 Å². The maximum atomic E-state index is 12.7. The molecule has 0 atom stereocenters. The third kappa shape index (κ3) is 4.73. The number of benzene rings is 3. The molecule has 0 unspecified atom stereocenters. The molecule has 0 aliphatic carbocycles. The van der Waals surface area contributed by atoms with Crippen molar-refractivity contribution in [2.75, 3.05) is 4.72 Å². The Balaban J connectivity index is 1.97. The van der Waals surface area contributed by atoms with Crippen LogP contribution in [-0.2, 0) is 10.0 Å². The molecule has 0 spiro atoms. The first kappa shape index (κ1) is 20.4. The van der Waals surface area contributed by atoms with Crippen LogP contribution in [0, 0.1) is 6.92 Å². The molecule has 0 aliphatic rings. The number of sulfonamides is 1. The lowest BCUT2D eigenvalue weighted by molar-refractivity contribution is -0.212. The van der Waals surface area contributed by atoms with Gasteiger partial charge in [0.1, 0.15) is 0 Å². The van der Waals surface area contributed by atoms with Crippen LogP contribution in [0.25, 0.3) is 0 Å². The summed E-state index contributed by atoms with van der Waals surface area (Å²) in [6.07, 6.45) is 0. The minimum Gasteiger partial charge on any atom is -0.858 e. The van der Waals surface area contributed by atoms with Crippen molar-refractivity contribution < 1.29 is 13.5 Å². The van der Waals surface area contributed by atoms with Crippen LogP contribution in [0.3, 0.4) is 0 Å². The fourth-order valence-electron chi connectivity index (χ4n) is 2.45. The summed E-state index contributed by atoms with van der Waals surface area (Å²) < 4.78 is 28.5. The average molecular weight is 479 g/mol. The summed E-state index contributed by atoms with van der Waals surface area (Å²) in [4.78, 5) is 4.11. The third-order valence-electron chi connectivity index (χ3n) is 3.85. The quantitative estimate of drug-likeness (QED) is 0.428. The van der Waals surface area contributed by atoms with Gasteiger partial charge in [0.15, 0.2) is 0 Å². The Kier molecular flexibility index (Phi) is 6.07. The molecule has 0 fully saturated rings. The van der Waals surface area contributed by atoms with E-state index in [2.05, 4.69) is 25.6 Å². The summed E-state index contributed by atoms with van der Waals surface area (Å²) in [7, 11) is -3.86. The monoisotopic (exact) mass is 477 g/mol. The van der Waals surface area contributed by atoms with E-state index < -0.39 is 15.9 Å². The van der Waals surface area contributed by atoms with Gasteiger partial charge in [-0.15, -0.1) is 0 Å². The molecule has 0 radical (unpaired) electrons. The van der Waals surface area contributed by atoms with Crippen LogP contribution in [0.15, 0.2) is 81.1 Å². The zero-order valence-electron chi connectivity index (χ0n) is 14.7. The fourth-order valence-corrected chi connectivity index (χ4v) is 4.07. The topological polar surface area (TPSA) is 81.6 Å². The van der Waals surface area contributed by atoms with Gasteiger partial charge in [-0.05, 0) is 60.8 Å². The zero-order chi connectivity index (χ0) is 20.3. The highest BCUT2D eigenvalue weighted by molar-refractivity contribution is 9.10. The van der Waals surface area contributed by atoms with E-state index in [4.69, 9.17) is 11.6 Å². The summed E-state index contributed by atoms with van der Waals surface area (Å²) in [6, 6.07) is 17.6. The molecular weight excluding hydrogens is 464 g/mol. The van der Waals surface area contributed by atoms with E-state index in [1.807, 2.05) is 6.92 Å². The van der Waals surface area contributed by atoms with Crippen LogP contribution >= 0.6 is 27.5 Å². The number of anilines is 1. The molecule has 0 amide bonds. The number of hydrogen-bond acceptors (Lipinski definition) is 4. The van der Waals surface area contributed by atoms with Crippen LogP contribution < -0.4 is 9.83 Å². The molecule has 0 heterocycles. The normalized spacial score (nSPS) is 12.0. The van der Waals surface area contributed by atoms with Crippen molar-refractivity contribution in [2.45, 2.75) is 11.8 Å². The highest BCUT2D eigenvalue weighted by atomic mass is 79.9. The van der Waals surface area contributed by atoms with E-state index >= 15 is 0 Å². The fraction of sp³-hybridized carbons (Fsp3) is 0.0500. The Morgan fingerprint density at radius 3 is 2.43 bits per heavy atom. The Bertz CT molecular complexity index is 1150. The summed E-state index contributed by atoms with van der Waals surface area (Å²) in [5.74, 6) is -0.597. The predicted octanol–water partition coefficient (Wildman–Crippen LogP) is 4.65. The number of nitrogens with one attached hydrogen (secondary N) is 1. The SMILES string of the molecule is Cc1ccc(N=C([O-])c2ccccc2NS(=O)(=O)c2ccc(Br)cc2)c(Cl)c1. The zero-order valence-corrected chi connectivity index (χ0v) is 17.8. The first-order chi connectivity index (χ1) is 13.3. The van der Waals surface area contributed by atoms with Crippen LogP contribution in [0.1, 0.15) is 11.1 Å². The number of aryl methyl sites for hydroxylation is 1. The molecule has 0 aromatic heterocycles. The second kappa shape index (κ2) is 8.34. The highest BCUT2D eigenvalue weighted by Crippen LogP contribution is 2.27. The van der Waals surface area contributed by atoms with Gasteiger partial charge in [0, 0.05) is 10.0 Å². The molecule has 3 rings (SSSR count). The van der Waals surface area contributed by atoms with Crippen molar-refractivity contribution >= 4 is 54.8 Å². The highest BCUT2D eigenvalue weighted by Gasteiger charge is 2.16. The van der Waals surface area contributed by atoms with Gasteiger partial charge >= 0.3 is 0 Å². The molecule has 0 saturated carbocycles. The first-order valence-electron chi connectivity index (χ1n) is 8.16. The second-order valence-corrected chi connectivity index (χ2v) is 8.98. The van der Waals surface area contributed by atoms with Gasteiger partial charge in [0.05, 0.1) is 21.3 Å². The molecule has 0 bridgehead atoms. The number of rotatable bonds is 5. The molecule has 3 aromatic rings. The van der Waals surface area contributed by atoms with Crippen LogP contribution in [0.5, 0.6) is 0 Å². The van der Waals surface area contributed by atoms with Crippen molar-refractivity contribution in [3.63, 3.8) is 0 Å². The van der Waals surface area contributed by atoms with E-state index in [-0.39, 0.29) is 16.1 Å². The van der Waals surface area contributed by atoms with Crippen molar-refractivity contribution in [3.8, 4) is 0 Å². The van der Waals surface area contributed by atoms with Gasteiger partial charge in [-0.2, -0.15) is 0 Å². The van der Waals surface area contributed by atoms with Gasteiger partial charge in [-0.3, -0.25) is 9.71 Å². The van der Waals surface area contributed by atoms with Crippen LogP contribution in [0.2, 0.25) is 5.02 Å². The molecule has 0 aliphatic heterocycles. The van der Waals surface area contributed by atoms with Crippen molar-refractivity contribution in [1.29, 1.82) is 0 Å². The summed E-state index contributed by atoms with van der Waals surface area (Å²) in [5.41, 5.74) is 1.53. The maximum absolute atomic E-state index is 12.7. The molecule has 28 heavy (non-hydrogen) atoms. The summed E-state index contributed by atoms with van der Waals surface area (Å²) in [5, 5.41) is 13.0. The Morgan fingerprint density at radius 2 is 1.75 bits per heavy atom. The predicted molar refractivity (Wildman–Crippen MR) is 114 cm³/mol. The summed E-state index contributed by atoms with van der Waals surface area (Å²) >= 11 is 9.41. The Labute approximate surface area is 176 Å². The number of nitrogens with zero attached hydrogens (tertiary/aromatic N) is 1. The largest absolute Gasteiger partial charge is 0.858 e. The molecule has 1 N–H and O–H groups in total. The van der Waals surface area contributed by atoms with E-state index in [9.17, 15) is 13.5 Å². The summed E-state index contributed by atoms with van der Waals surface area (Å²) in [6.45, 7) is 1.88. The van der Waals surface area contributed by atoms with Crippen molar-refractivity contribution in [1.82, 2.24) is 0 Å². The molecular formula is C20H15BrClN2O3S-. The van der Waals surface area contributed by atoms with Gasteiger partial charge in [-0.1, -0.05) is 51.8 Å². The lowest BCUT2D eigenvalue weighted by Gasteiger charge is -2.17. The minimum atomic E-state index is -3.86. The Morgan fingerprint density at radius 1 is 1.07 bits per heavy atom. The molecule has 3 aromatic carbocycles. The van der Waals surface area contributed by atoms with E-state index in [0.29, 0.717) is 10.7 Å². The van der Waals surface area contributed by atoms with Gasteiger partial charge in [0.2, 0.25) is 0 Å². The van der Waals surface area contributed by atoms with Gasteiger partial charge in [-0.25, -0.2) is 8.42 Å². The maximum Gasteiger partial charge on any atom is 0.261 e. The lowest BCUT2D eigenvalue weighted by Crippen LogP contribution is -2.22. The Hall–Kier alpha value is -2.35. The lowest BCUT2D eigenvalue weighted by atomic mass is 10.2. The average Bonchev–Trinajstić information content (AvgIpc) is 2.64. The number of para-hydroxylation sites is 1. The van der Waals surface area contributed by atoms with Crippen LogP contribution in [-0.4, -0.2) is 14.3 Å². The minimum absolute atomic E-state index is 0.0801. The number of halogens is 2. The molecule has 5 nitrogen and oxygen atoms in total. The smallest absolute Gasteiger partial charge is 0.261 e. The van der Waals surface area contributed by atoms with E-state index in [1.165, 1.54) is 24.3 Å². The number of hydrogen-bond donors (Lipinski definition) is 1. The first-order valence-corrected chi connectivity index (χ1v) is 10.8. The van der Waals surface area contributed by atoms with E-state index in [1.54, 1.807) is 42.5 Å². The number of aliphatic imine (C=N–C) groups is 1. The molecule has 0 saturated heterocycles. The third-order valence-corrected chi connectivity index (χ3v) is 6.06. The molecule has 144 valence electrons.